The lowest BCUT2D eigenvalue weighted by Gasteiger charge is -2.34. The van der Waals surface area contributed by atoms with Crippen molar-refractivity contribution in [1.82, 2.24) is 15.5 Å². The van der Waals surface area contributed by atoms with Crippen LogP contribution in [0.4, 0.5) is 0 Å². The summed E-state index contributed by atoms with van der Waals surface area (Å²) in [6.45, 7) is 9.98. The quantitative estimate of drug-likeness (QED) is 0.805. The van der Waals surface area contributed by atoms with Crippen molar-refractivity contribution in [3.8, 4) is 0 Å². The number of nitrogens with one attached hydrogen (secondary N) is 2. The summed E-state index contributed by atoms with van der Waals surface area (Å²) in [7, 11) is 0. The van der Waals surface area contributed by atoms with Crippen LogP contribution in [0, 0.1) is 11.8 Å². The molecule has 0 aromatic rings. The lowest BCUT2D eigenvalue weighted by molar-refractivity contribution is -0.126. The Labute approximate surface area is 117 Å². The summed E-state index contributed by atoms with van der Waals surface area (Å²) in [6, 6.07) is 0.408. The van der Waals surface area contributed by atoms with Gasteiger partial charge in [-0.1, -0.05) is 13.8 Å². The molecule has 2 N–H and O–H groups in total. The Morgan fingerprint density at radius 1 is 1.21 bits per heavy atom. The molecule has 0 aliphatic carbocycles. The van der Waals surface area contributed by atoms with Gasteiger partial charge in [-0.05, 0) is 44.7 Å². The van der Waals surface area contributed by atoms with Crippen LogP contribution >= 0.6 is 0 Å². The average Bonchev–Trinajstić information content (AvgIpc) is 2.41. The zero-order chi connectivity index (χ0) is 13.7. The first-order valence-corrected chi connectivity index (χ1v) is 7.88. The number of amides is 1. The third kappa shape index (κ3) is 4.77. The van der Waals surface area contributed by atoms with E-state index in [0.29, 0.717) is 11.9 Å². The molecule has 0 spiro atoms. The second-order valence-corrected chi connectivity index (χ2v) is 6.50. The molecule has 2 rings (SSSR count). The van der Waals surface area contributed by atoms with Crippen LogP contribution in [0.15, 0.2) is 0 Å². The molecule has 2 heterocycles. The van der Waals surface area contributed by atoms with E-state index in [2.05, 4.69) is 29.4 Å². The lowest BCUT2D eigenvalue weighted by Crippen LogP contribution is -2.48. The molecular formula is C15H29N3O. The van der Waals surface area contributed by atoms with Crippen LogP contribution in [0.5, 0.6) is 0 Å². The van der Waals surface area contributed by atoms with Gasteiger partial charge < -0.3 is 15.5 Å². The van der Waals surface area contributed by atoms with Crippen LogP contribution in [0.2, 0.25) is 0 Å². The Morgan fingerprint density at radius 2 is 1.84 bits per heavy atom. The zero-order valence-corrected chi connectivity index (χ0v) is 12.5. The van der Waals surface area contributed by atoms with E-state index in [4.69, 9.17) is 0 Å². The average molecular weight is 267 g/mol. The van der Waals surface area contributed by atoms with E-state index in [9.17, 15) is 4.79 Å². The van der Waals surface area contributed by atoms with Gasteiger partial charge in [-0.25, -0.2) is 0 Å². The molecule has 19 heavy (non-hydrogen) atoms. The molecule has 0 saturated carbocycles. The summed E-state index contributed by atoms with van der Waals surface area (Å²) >= 11 is 0. The second kappa shape index (κ2) is 7.25. The fraction of sp³-hybridized carbons (Fsp3) is 0.933. The van der Waals surface area contributed by atoms with Crippen molar-refractivity contribution in [2.75, 3.05) is 32.7 Å². The molecule has 0 radical (unpaired) electrons. The normalized spacial score (nSPS) is 23.7. The van der Waals surface area contributed by atoms with Gasteiger partial charge in [-0.3, -0.25) is 4.79 Å². The van der Waals surface area contributed by atoms with Gasteiger partial charge in [0.15, 0.2) is 0 Å². The monoisotopic (exact) mass is 267 g/mol. The number of piperidine rings is 2. The van der Waals surface area contributed by atoms with Crippen molar-refractivity contribution in [1.29, 1.82) is 0 Å². The number of carbonyl (C=O) groups excluding carboxylic acids is 1. The molecular weight excluding hydrogens is 238 g/mol. The molecule has 0 unspecified atom stereocenters. The van der Waals surface area contributed by atoms with Gasteiger partial charge in [-0.15, -0.1) is 0 Å². The third-order valence-corrected chi connectivity index (χ3v) is 4.27. The highest BCUT2D eigenvalue weighted by Gasteiger charge is 2.25. The van der Waals surface area contributed by atoms with Gasteiger partial charge >= 0.3 is 0 Å². The fourth-order valence-corrected chi connectivity index (χ4v) is 3.18. The number of rotatable bonds is 4. The van der Waals surface area contributed by atoms with Gasteiger partial charge in [0.05, 0.1) is 0 Å². The summed E-state index contributed by atoms with van der Waals surface area (Å²) < 4.78 is 0. The predicted molar refractivity (Wildman–Crippen MR) is 78.0 cm³/mol. The SMILES string of the molecule is CC(C)CN1CCC(NC(=O)C2CCNCC2)CC1. The van der Waals surface area contributed by atoms with Crippen molar-refractivity contribution in [2.45, 2.75) is 45.6 Å². The Morgan fingerprint density at radius 3 is 2.42 bits per heavy atom. The molecule has 0 bridgehead atoms. The summed E-state index contributed by atoms with van der Waals surface area (Å²) in [6.07, 6.45) is 4.23. The maximum atomic E-state index is 12.2. The van der Waals surface area contributed by atoms with E-state index >= 15 is 0 Å². The summed E-state index contributed by atoms with van der Waals surface area (Å²) in [5.41, 5.74) is 0. The highest BCUT2D eigenvalue weighted by atomic mass is 16.1. The minimum Gasteiger partial charge on any atom is -0.353 e. The van der Waals surface area contributed by atoms with Crippen LogP contribution < -0.4 is 10.6 Å². The molecule has 0 atom stereocenters. The highest BCUT2D eigenvalue weighted by molar-refractivity contribution is 5.79. The van der Waals surface area contributed by atoms with E-state index in [1.54, 1.807) is 0 Å². The standard InChI is InChI=1S/C15H29N3O/c1-12(2)11-18-9-5-14(6-10-18)17-15(19)13-3-7-16-8-4-13/h12-14,16H,3-11H2,1-2H3,(H,17,19). The Kier molecular flexibility index (Phi) is 5.64. The summed E-state index contributed by atoms with van der Waals surface area (Å²) in [5.74, 6) is 1.28. The van der Waals surface area contributed by atoms with Crippen LogP contribution in [0.1, 0.15) is 39.5 Å². The highest BCUT2D eigenvalue weighted by Crippen LogP contribution is 2.15. The first kappa shape index (κ1) is 14.8. The molecule has 2 aliphatic rings. The summed E-state index contributed by atoms with van der Waals surface area (Å²) in [4.78, 5) is 14.7. The first-order chi connectivity index (χ1) is 9.15. The molecule has 2 aliphatic heterocycles. The van der Waals surface area contributed by atoms with E-state index in [-0.39, 0.29) is 5.92 Å². The minimum atomic E-state index is 0.245. The molecule has 0 aromatic carbocycles. The van der Waals surface area contributed by atoms with Crippen LogP contribution in [0.25, 0.3) is 0 Å². The van der Waals surface area contributed by atoms with Crippen LogP contribution in [-0.2, 0) is 4.79 Å². The lowest BCUT2D eigenvalue weighted by atomic mass is 9.95. The molecule has 2 fully saturated rings. The largest absolute Gasteiger partial charge is 0.353 e. The number of nitrogens with zero attached hydrogens (tertiary/aromatic N) is 1. The predicted octanol–water partition coefficient (Wildman–Crippen LogP) is 1.22. The number of likely N-dealkylation sites (tertiary alicyclic amines) is 1. The Hall–Kier alpha value is -0.610. The van der Waals surface area contributed by atoms with Crippen molar-refractivity contribution in [3.63, 3.8) is 0 Å². The smallest absolute Gasteiger partial charge is 0.223 e. The van der Waals surface area contributed by atoms with Crippen molar-refractivity contribution in [2.24, 2.45) is 11.8 Å². The van der Waals surface area contributed by atoms with Crippen LogP contribution in [-0.4, -0.2) is 49.6 Å². The van der Waals surface area contributed by atoms with Crippen LogP contribution in [0.3, 0.4) is 0 Å². The maximum absolute atomic E-state index is 12.2. The summed E-state index contributed by atoms with van der Waals surface area (Å²) in [5, 5.41) is 6.58. The topological polar surface area (TPSA) is 44.4 Å². The van der Waals surface area contributed by atoms with Crippen molar-refractivity contribution >= 4 is 5.91 Å². The second-order valence-electron chi connectivity index (χ2n) is 6.50. The molecule has 1 amide bonds. The minimum absolute atomic E-state index is 0.245. The molecule has 2 saturated heterocycles. The van der Waals surface area contributed by atoms with E-state index in [1.807, 2.05) is 0 Å². The Bertz CT molecular complexity index is 279. The first-order valence-electron chi connectivity index (χ1n) is 7.88. The number of hydrogen-bond acceptors (Lipinski definition) is 3. The van der Waals surface area contributed by atoms with E-state index < -0.39 is 0 Å². The van der Waals surface area contributed by atoms with Gasteiger partial charge in [-0.2, -0.15) is 0 Å². The molecule has 4 heteroatoms. The molecule has 0 aromatic heterocycles. The van der Waals surface area contributed by atoms with Crippen molar-refractivity contribution in [3.05, 3.63) is 0 Å². The molecule has 4 nitrogen and oxygen atoms in total. The van der Waals surface area contributed by atoms with Gasteiger partial charge in [0.1, 0.15) is 0 Å². The Balaban J connectivity index is 1.68. The fourth-order valence-electron chi connectivity index (χ4n) is 3.18. The maximum Gasteiger partial charge on any atom is 0.223 e. The number of hydrogen-bond donors (Lipinski definition) is 2. The zero-order valence-electron chi connectivity index (χ0n) is 12.5. The van der Waals surface area contributed by atoms with Gasteiger partial charge in [0.2, 0.25) is 5.91 Å². The van der Waals surface area contributed by atoms with E-state index in [1.165, 1.54) is 6.54 Å². The van der Waals surface area contributed by atoms with E-state index in [0.717, 1.165) is 57.8 Å². The van der Waals surface area contributed by atoms with Crippen molar-refractivity contribution < 1.29 is 4.79 Å². The third-order valence-electron chi connectivity index (χ3n) is 4.27. The number of carbonyl (C=O) groups is 1. The van der Waals surface area contributed by atoms with Gasteiger partial charge in [0.25, 0.3) is 0 Å². The molecule has 110 valence electrons. The van der Waals surface area contributed by atoms with Gasteiger partial charge in [0, 0.05) is 31.6 Å².